The van der Waals surface area contributed by atoms with Gasteiger partial charge in [0.15, 0.2) is 0 Å². The average molecular weight is 320 g/mol. The Kier molecular flexibility index (Phi) is 10.8. The van der Waals surface area contributed by atoms with E-state index >= 15 is 0 Å². The molecule has 18 heavy (non-hydrogen) atoms. The molecule has 0 saturated heterocycles. The summed E-state index contributed by atoms with van der Waals surface area (Å²) >= 11 is 10.7. The van der Waals surface area contributed by atoms with Crippen LogP contribution in [-0.2, 0) is 4.57 Å². The molecule has 5 nitrogen and oxygen atoms in total. The van der Waals surface area contributed by atoms with Gasteiger partial charge in [-0.05, 0) is 12.8 Å². The predicted molar refractivity (Wildman–Crippen MR) is 77.0 cm³/mol. The highest BCUT2D eigenvalue weighted by Crippen LogP contribution is 2.29. The highest BCUT2D eigenvalue weighted by atomic mass is 35.5. The van der Waals surface area contributed by atoms with Gasteiger partial charge in [0.25, 0.3) is 0 Å². The molecule has 0 radical (unpaired) electrons. The van der Waals surface area contributed by atoms with E-state index in [4.69, 9.17) is 34.4 Å². The smallest absolute Gasteiger partial charge is 0.776 e. The van der Waals surface area contributed by atoms with Gasteiger partial charge < -0.3 is 15.2 Å². The zero-order valence-electron chi connectivity index (χ0n) is 11.6. The molecule has 0 aromatic heterocycles. The van der Waals surface area contributed by atoms with E-state index in [2.05, 4.69) is 0 Å². The van der Waals surface area contributed by atoms with Crippen molar-refractivity contribution >= 4 is 30.9 Å². The first-order valence-electron chi connectivity index (χ1n) is 6.14. The Balaban J connectivity index is 0. The lowest BCUT2D eigenvalue weighted by Crippen LogP contribution is -2.33. The third kappa shape index (κ3) is 9.56. The van der Waals surface area contributed by atoms with Crippen LogP contribution in [0.3, 0.4) is 0 Å². The van der Waals surface area contributed by atoms with Crippen LogP contribution >= 0.6 is 30.9 Å². The zero-order chi connectivity index (χ0) is 14.0. The van der Waals surface area contributed by atoms with Crippen molar-refractivity contribution in [3.05, 3.63) is 0 Å². The number of halogens is 2. The SMILES string of the molecule is NC1CCCCC1.NP(=O)([O-])N(CCCl)CCCl.[H+]. The van der Waals surface area contributed by atoms with Gasteiger partial charge in [-0.2, -0.15) is 0 Å². The molecule has 1 rings (SSSR count). The Bertz CT molecular complexity index is 247. The fourth-order valence-electron chi connectivity index (χ4n) is 1.72. The van der Waals surface area contributed by atoms with Crippen LogP contribution < -0.4 is 16.1 Å². The van der Waals surface area contributed by atoms with Crippen molar-refractivity contribution in [3.63, 3.8) is 0 Å². The van der Waals surface area contributed by atoms with Crippen molar-refractivity contribution < 1.29 is 10.9 Å². The molecule has 0 bridgehead atoms. The van der Waals surface area contributed by atoms with Crippen LogP contribution in [0.25, 0.3) is 0 Å². The largest absolute Gasteiger partial charge is 1.00 e. The Morgan fingerprint density at radius 3 is 1.89 bits per heavy atom. The Labute approximate surface area is 121 Å². The minimum Gasteiger partial charge on any atom is -0.776 e. The van der Waals surface area contributed by atoms with E-state index in [1.165, 1.54) is 32.1 Å². The summed E-state index contributed by atoms with van der Waals surface area (Å²) in [5, 5.41) is 0. The number of nitrogens with two attached hydrogens (primary N) is 2. The maximum atomic E-state index is 10.7. The molecular weight excluding hydrogens is 296 g/mol. The van der Waals surface area contributed by atoms with E-state index in [1.807, 2.05) is 0 Å². The molecule has 0 amide bonds. The highest BCUT2D eigenvalue weighted by molar-refractivity contribution is 7.51. The molecule has 0 aromatic carbocycles. The summed E-state index contributed by atoms with van der Waals surface area (Å²) in [6.07, 6.45) is 6.66. The minimum absolute atomic E-state index is 0. The van der Waals surface area contributed by atoms with Crippen LogP contribution in [0.15, 0.2) is 0 Å². The van der Waals surface area contributed by atoms with E-state index < -0.39 is 7.67 Å². The molecule has 8 heteroatoms. The topological polar surface area (TPSA) is 95.4 Å². The van der Waals surface area contributed by atoms with E-state index in [1.54, 1.807) is 0 Å². The van der Waals surface area contributed by atoms with Crippen LogP contribution in [0.2, 0.25) is 0 Å². The lowest BCUT2D eigenvalue weighted by Gasteiger charge is -2.31. The van der Waals surface area contributed by atoms with Crippen molar-refractivity contribution in [1.82, 2.24) is 4.67 Å². The van der Waals surface area contributed by atoms with E-state index in [0.29, 0.717) is 6.04 Å². The first-order valence-corrected chi connectivity index (χ1v) is 8.86. The Morgan fingerprint density at radius 2 is 1.67 bits per heavy atom. The number of hydrogen-bond acceptors (Lipinski definition) is 3. The van der Waals surface area contributed by atoms with Crippen LogP contribution in [0, 0.1) is 0 Å². The lowest BCUT2D eigenvalue weighted by molar-refractivity contribution is -0.187. The van der Waals surface area contributed by atoms with Gasteiger partial charge in [0.2, 0.25) is 0 Å². The number of rotatable bonds is 5. The summed E-state index contributed by atoms with van der Waals surface area (Å²) < 4.78 is 11.8. The van der Waals surface area contributed by atoms with Crippen LogP contribution in [0.4, 0.5) is 0 Å². The summed E-state index contributed by atoms with van der Waals surface area (Å²) in [7, 11) is -3.89. The zero-order valence-corrected chi connectivity index (χ0v) is 13.0. The summed E-state index contributed by atoms with van der Waals surface area (Å²) in [6.45, 7) is 0.428. The van der Waals surface area contributed by atoms with Gasteiger partial charge in [-0.1, -0.05) is 19.3 Å². The molecule has 1 saturated carbocycles. The van der Waals surface area contributed by atoms with E-state index in [0.717, 1.165) is 4.67 Å². The molecule has 1 fully saturated rings. The third-order valence-electron chi connectivity index (χ3n) is 2.73. The van der Waals surface area contributed by atoms with Crippen LogP contribution in [0.5, 0.6) is 0 Å². The molecule has 1 aliphatic carbocycles. The normalized spacial score (nSPS) is 20.1. The fraction of sp³-hybridized carbons (Fsp3) is 1.00. The third-order valence-corrected chi connectivity index (χ3v) is 4.26. The van der Waals surface area contributed by atoms with Crippen molar-refractivity contribution in [2.45, 2.75) is 38.1 Å². The molecule has 1 atom stereocenters. The van der Waals surface area contributed by atoms with Gasteiger partial charge in [0.05, 0.1) is 0 Å². The summed E-state index contributed by atoms with van der Waals surface area (Å²) in [5.41, 5.74) is 10.5. The first kappa shape index (κ1) is 18.7. The standard InChI is InChI=1S/C6H13N.C4H11Cl2N2O2P/c7-6-4-2-1-3-5-6;5-1-3-8(4-2-6)11(7,9)10/h6H,1-5,7H2;1-4H2,(H3,7,9,10). The molecule has 4 N–H and O–H groups in total. The Hall–Kier alpha value is 0.650. The van der Waals surface area contributed by atoms with Crippen molar-refractivity contribution in [2.24, 2.45) is 11.2 Å². The molecule has 0 aliphatic heterocycles. The highest BCUT2D eigenvalue weighted by Gasteiger charge is 2.12. The second-order valence-corrected chi connectivity index (χ2v) is 6.74. The summed E-state index contributed by atoms with van der Waals surface area (Å²) in [4.78, 5) is 10.7. The fourth-order valence-corrected chi connectivity index (χ4v) is 3.12. The van der Waals surface area contributed by atoms with E-state index in [9.17, 15) is 9.46 Å². The van der Waals surface area contributed by atoms with Crippen molar-refractivity contribution in [1.29, 1.82) is 0 Å². The van der Waals surface area contributed by atoms with Crippen LogP contribution in [0.1, 0.15) is 33.5 Å². The van der Waals surface area contributed by atoms with Crippen molar-refractivity contribution in [3.8, 4) is 0 Å². The van der Waals surface area contributed by atoms with Gasteiger partial charge in [-0.15, -0.1) is 23.2 Å². The monoisotopic (exact) mass is 319 g/mol. The second kappa shape index (κ2) is 10.4. The maximum absolute atomic E-state index is 10.7. The van der Waals surface area contributed by atoms with Crippen LogP contribution in [-0.4, -0.2) is 35.6 Å². The maximum Gasteiger partial charge on any atom is 1.00 e. The average Bonchev–Trinajstić information content (AvgIpc) is 2.29. The molecule has 0 heterocycles. The van der Waals surface area contributed by atoms with E-state index in [-0.39, 0.29) is 26.3 Å². The van der Waals surface area contributed by atoms with Gasteiger partial charge in [-0.3, -0.25) is 10.2 Å². The van der Waals surface area contributed by atoms with Gasteiger partial charge in [0.1, 0.15) is 7.67 Å². The minimum atomic E-state index is -3.89. The van der Waals surface area contributed by atoms with Gasteiger partial charge >= 0.3 is 1.43 Å². The van der Waals surface area contributed by atoms with Crippen molar-refractivity contribution in [2.75, 3.05) is 24.8 Å². The number of hydrogen-bond donors (Lipinski definition) is 2. The second-order valence-electron chi connectivity index (χ2n) is 4.29. The predicted octanol–water partition coefficient (Wildman–Crippen LogP) is 1.58. The van der Waals surface area contributed by atoms with Gasteiger partial charge in [-0.25, -0.2) is 0 Å². The molecule has 110 valence electrons. The molecule has 1 aliphatic rings. The Morgan fingerprint density at radius 1 is 1.22 bits per heavy atom. The molecular formula is C10H24Cl2N3O2P. The first-order chi connectivity index (χ1) is 8.41. The molecule has 0 spiro atoms. The molecule has 0 aromatic rings. The quantitative estimate of drug-likeness (QED) is 0.592. The number of nitrogens with zero attached hydrogens (tertiary/aromatic N) is 1. The number of alkyl halides is 2. The summed E-state index contributed by atoms with van der Waals surface area (Å²) in [5.74, 6) is 0.445. The molecule has 1 unspecified atom stereocenters. The lowest BCUT2D eigenvalue weighted by atomic mass is 9.97. The van der Waals surface area contributed by atoms with Gasteiger partial charge in [0, 0.05) is 30.9 Å². The summed E-state index contributed by atoms with van der Waals surface area (Å²) in [6, 6.07) is 0.536.